The minimum atomic E-state index is -1.40. The van der Waals surface area contributed by atoms with Crippen LogP contribution in [0.2, 0.25) is 0 Å². The Balaban J connectivity index is 2.40. The van der Waals surface area contributed by atoms with Gasteiger partial charge in [0.05, 0.1) is 19.6 Å². The molecule has 0 aliphatic carbocycles. The third-order valence-electron chi connectivity index (χ3n) is 2.95. The van der Waals surface area contributed by atoms with Gasteiger partial charge in [0.1, 0.15) is 6.10 Å². The zero-order valence-corrected chi connectivity index (χ0v) is 11.3. The Morgan fingerprint density at radius 1 is 1.50 bits per heavy atom. The maximum absolute atomic E-state index is 11.9. The number of nitrogens with zero attached hydrogens (tertiary/aromatic N) is 1. The van der Waals surface area contributed by atoms with Crippen molar-refractivity contribution in [3.8, 4) is 0 Å². The van der Waals surface area contributed by atoms with Crippen LogP contribution in [-0.2, 0) is 23.9 Å². The molecule has 114 valence electrons. The molecular weight excluding hydrogens is 270 g/mol. The lowest BCUT2D eigenvalue weighted by Gasteiger charge is -2.32. The van der Waals surface area contributed by atoms with E-state index in [-0.39, 0.29) is 19.1 Å². The van der Waals surface area contributed by atoms with Crippen LogP contribution in [0.5, 0.6) is 0 Å². The van der Waals surface area contributed by atoms with Crippen LogP contribution >= 0.6 is 0 Å². The fraction of sp³-hybridized carbons (Fsp3) is 0.750. The van der Waals surface area contributed by atoms with Crippen molar-refractivity contribution >= 4 is 17.8 Å². The highest BCUT2D eigenvalue weighted by Gasteiger charge is 2.28. The third kappa shape index (κ3) is 4.78. The van der Waals surface area contributed by atoms with Gasteiger partial charge in [-0.1, -0.05) is 6.92 Å². The van der Waals surface area contributed by atoms with Gasteiger partial charge in [0.2, 0.25) is 0 Å². The highest BCUT2D eigenvalue weighted by atomic mass is 16.5. The van der Waals surface area contributed by atoms with Crippen LogP contribution in [0, 0.1) is 0 Å². The summed E-state index contributed by atoms with van der Waals surface area (Å²) in [5.74, 6) is -2.72. The summed E-state index contributed by atoms with van der Waals surface area (Å²) < 4.78 is 10.3. The van der Waals surface area contributed by atoms with Crippen molar-refractivity contribution in [2.24, 2.45) is 0 Å². The summed E-state index contributed by atoms with van der Waals surface area (Å²) in [6, 6.07) is 0. The van der Waals surface area contributed by atoms with Crippen LogP contribution < -0.4 is 0 Å². The van der Waals surface area contributed by atoms with E-state index in [1.54, 1.807) is 0 Å². The monoisotopic (exact) mass is 289 g/mol. The SMILES string of the molecule is CCC1OCCN(CCOC(CC(=O)O)C(=O)O)C1=O. The van der Waals surface area contributed by atoms with Crippen molar-refractivity contribution in [3.05, 3.63) is 0 Å². The Kier molecular flexibility index (Phi) is 6.40. The number of hydrogen-bond donors (Lipinski definition) is 2. The second-order valence-corrected chi connectivity index (χ2v) is 4.39. The lowest BCUT2D eigenvalue weighted by atomic mass is 10.2. The average Bonchev–Trinajstić information content (AvgIpc) is 2.39. The molecule has 0 radical (unpaired) electrons. The normalized spacial score (nSPS) is 20.8. The van der Waals surface area contributed by atoms with E-state index in [0.717, 1.165) is 0 Å². The minimum absolute atomic E-state index is 0.0214. The van der Waals surface area contributed by atoms with E-state index in [0.29, 0.717) is 19.6 Å². The van der Waals surface area contributed by atoms with Crippen LogP contribution in [-0.4, -0.2) is 71.5 Å². The second kappa shape index (κ2) is 7.81. The fourth-order valence-corrected chi connectivity index (χ4v) is 1.89. The number of carboxylic acids is 2. The summed E-state index contributed by atoms with van der Waals surface area (Å²) in [4.78, 5) is 34.7. The highest BCUT2D eigenvalue weighted by molar-refractivity contribution is 5.81. The Morgan fingerprint density at radius 3 is 2.75 bits per heavy atom. The molecule has 1 fully saturated rings. The zero-order chi connectivity index (χ0) is 15.1. The zero-order valence-electron chi connectivity index (χ0n) is 11.3. The second-order valence-electron chi connectivity index (χ2n) is 4.39. The minimum Gasteiger partial charge on any atom is -0.481 e. The van der Waals surface area contributed by atoms with Crippen LogP contribution in [0.4, 0.5) is 0 Å². The van der Waals surface area contributed by atoms with Gasteiger partial charge in [-0.05, 0) is 6.42 Å². The number of rotatable bonds is 8. The van der Waals surface area contributed by atoms with E-state index in [4.69, 9.17) is 19.7 Å². The molecule has 1 heterocycles. The molecular formula is C12H19NO7. The summed E-state index contributed by atoms with van der Waals surface area (Å²) in [6.45, 7) is 2.90. The Morgan fingerprint density at radius 2 is 2.20 bits per heavy atom. The number of aliphatic carboxylic acids is 2. The summed E-state index contributed by atoms with van der Waals surface area (Å²) in [5.41, 5.74) is 0. The topological polar surface area (TPSA) is 113 Å². The summed E-state index contributed by atoms with van der Waals surface area (Å²) in [5, 5.41) is 17.4. The quantitative estimate of drug-likeness (QED) is 0.623. The molecule has 0 bridgehead atoms. The first kappa shape index (κ1) is 16.4. The fourth-order valence-electron chi connectivity index (χ4n) is 1.89. The molecule has 1 amide bonds. The van der Waals surface area contributed by atoms with Crippen molar-refractivity contribution in [3.63, 3.8) is 0 Å². The van der Waals surface area contributed by atoms with Gasteiger partial charge in [-0.25, -0.2) is 4.79 Å². The summed E-state index contributed by atoms with van der Waals surface area (Å²) in [6.07, 6.45) is -1.89. The summed E-state index contributed by atoms with van der Waals surface area (Å²) >= 11 is 0. The molecule has 0 aromatic heterocycles. The smallest absolute Gasteiger partial charge is 0.333 e. The highest BCUT2D eigenvalue weighted by Crippen LogP contribution is 2.10. The van der Waals surface area contributed by atoms with Gasteiger partial charge in [0.15, 0.2) is 6.10 Å². The van der Waals surface area contributed by atoms with Crippen molar-refractivity contribution < 1.29 is 34.1 Å². The number of carboxylic acid groups (broad SMARTS) is 2. The number of morpholine rings is 1. The molecule has 2 unspecified atom stereocenters. The molecule has 8 heteroatoms. The van der Waals surface area contributed by atoms with E-state index in [9.17, 15) is 14.4 Å². The maximum atomic E-state index is 11.9. The predicted molar refractivity (Wildman–Crippen MR) is 66.2 cm³/mol. The van der Waals surface area contributed by atoms with E-state index in [2.05, 4.69) is 0 Å². The molecule has 1 saturated heterocycles. The first-order valence-electron chi connectivity index (χ1n) is 6.42. The molecule has 0 saturated carbocycles. The van der Waals surface area contributed by atoms with Gasteiger partial charge in [0, 0.05) is 13.1 Å². The van der Waals surface area contributed by atoms with Gasteiger partial charge in [0.25, 0.3) is 5.91 Å². The number of carbonyl (C=O) groups is 3. The number of carbonyl (C=O) groups excluding carboxylic acids is 1. The van der Waals surface area contributed by atoms with E-state index in [1.165, 1.54) is 4.90 Å². The molecule has 2 N–H and O–H groups in total. The van der Waals surface area contributed by atoms with Crippen molar-refractivity contribution in [2.45, 2.75) is 32.0 Å². The van der Waals surface area contributed by atoms with Crippen LogP contribution in [0.15, 0.2) is 0 Å². The molecule has 1 aliphatic heterocycles. The Labute approximate surface area is 116 Å². The molecule has 1 rings (SSSR count). The predicted octanol–water partition coefficient (Wildman–Crippen LogP) is -0.432. The number of ether oxygens (including phenoxy) is 2. The first-order valence-corrected chi connectivity index (χ1v) is 6.42. The number of hydrogen-bond acceptors (Lipinski definition) is 5. The largest absolute Gasteiger partial charge is 0.481 e. The average molecular weight is 289 g/mol. The van der Waals surface area contributed by atoms with Crippen LogP contribution in [0.25, 0.3) is 0 Å². The van der Waals surface area contributed by atoms with Gasteiger partial charge < -0.3 is 24.6 Å². The van der Waals surface area contributed by atoms with E-state index in [1.807, 2.05) is 6.92 Å². The van der Waals surface area contributed by atoms with Crippen LogP contribution in [0.1, 0.15) is 19.8 Å². The molecule has 0 aromatic carbocycles. The maximum Gasteiger partial charge on any atom is 0.333 e. The van der Waals surface area contributed by atoms with Crippen molar-refractivity contribution in [1.29, 1.82) is 0 Å². The number of amides is 1. The summed E-state index contributed by atoms with van der Waals surface area (Å²) in [7, 11) is 0. The molecule has 20 heavy (non-hydrogen) atoms. The van der Waals surface area contributed by atoms with E-state index < -0.39 is 30.6 Å². The molecule has 8 nitrogen and oxygen atoms in total. The van der Waals surface area contributed by atoms with Crippen molar-refractivity contribution in [2.75, 3.05) is 26.3 Å². The third-order valence-corrected chi connectivity index (χ3v) is 2.95. The van der Waals surface area contributed by atoms with Gasteiger partial charge in [-0.15, -0.1) is 0 Å². The molecule has 0 aromatic rings. The molecule has 1 aliphatic rings. The molecule has 2 atom stereocenters. The lowest BCUT2D eigenvalue weighted by molar-refractivity contribution is -0.160. The van der Waals surface area contributed by atoms with Gasteiger partial charge in [-0.2, -0.15) is 0 Å². The Hall–Kier alpha value is -1.67. The van der Waals surface area contributed by atoms with Gasteiger partial charge in [-0.3, -0.25) is 9.59 Å². The van der Waals surface area contributed by atoms with Gasteiger partial charge >= 0.3 is 11.9 Å². The first-order chi connectivity index (χ1) is 9.45. The van der Waals surface area contributed by atoms with Crippen molar-refractivity contribution in [1.82, 2.24) is 4.90 Å². The lowest BCUT2D eigenvalue weighted by Crippen LogP contribution is -2.48. The molecule has 0 spiro atoms. The standard InChI is InChI=1S/C12H19NO7/c1-2-8-11(16)13(3-5-19-8)4-6-20-9(12(17)18)7-10(14)15/h8-9H,2-7H2,1H3,(H,14,15)(H,17,18). The Bertz CT molecular complexity index is 371. The van der Waals surface area contributed by atoms with Crippen LogP contribution in [0.3, 0.4) is 0 Å². The van der Waals surface area contributed by atoms with E-state index >= 15 is 0 Å².